The lowest BCUT2D eigenvalue weighted by Gasteiger charge is -2.05. The number of rotatable bonds is 4. The number of aromatic nitrogens is 3. The highest BCUT2D eigenvalue weighted by atomic mass is 16.3. The average Bonchev–Trinajstić information content (AvgIpc) is 3.09. The van der Waals surface area contributed by atoms with E-state index >= 15 is 0 Å². The highest BCUT2D eigenvalue weighted by Gasteiger charge is 2.06. The van der Waals surface area contributed by atoms with Crippen molar-refractivity contribution >= 4 is 22.3 Å². The number of benzene rings is 1. The number of hydrogen-bond donors (Lipinski definition) is 1. The molecule has 110 valence electrons. The Morgan fingerprint density at radius 1 is 1.23 bits per heavy atom. The Kier molecular flexibility index (Phi) is 3.04. The minimum atomic E-state index is 0.761. The van der Waals surface area contributed by atoms with Gasteiger partial charge >= 0.3 is 0 Å². The van der Waals surface area contributed by atoms with Gasteiger partial charge in [0.1, 0.15) is 16.9 Å². The molecule has 0 saturated heterocycles. The van der Waals surface area contributed by atoms with E-state index in [1.54, 1.807) is 6.20 Å². The second-order valence-electron chi connectivity index (χ2n) is 5.32. The first-order valence-electron chi connectivity index (χ1n) is 7.32. The molecule has 0 atom stereocenters. The molecule has 0 spiro atoms. The normalized spacial score (nSPS) is 11.3. The number of nitrogens with one attached hydrogen (secondary N) is 1. The van der Waals surface area contributed by atoms with Crippen molar-refractivity contribution in [3.63, 3.8) is 0 Å². The zero-order chi connectivity index (χ0) is 14.9. The van der Waals surface area contributed by atoms with Crippen molar-refractivity contribution < 1.29 is 4.42 Å². The van der Waals surface area contributed by atoms with Crippen molar-refractivity contribution in [3.05, 3.63) is 60.2 Å². The van der Waals surface area contributed by atoms with Crippen molar-refractivity contribution in [1.82, 2.24) is 14.6 Å². The summed E-state index contributed by atoms with van der Waals surface area (Å²) in [6, 6.07) is 12.2. The Balaban J connectivity index is 1.50. The summed E-state index contributed by atoms with van der Waals surface area (Å²) in [5.41, 5.74) is 2.90. The van der Waals surface area contributed by atoms with Crippen LogP contribution >= 0.6 is 0 Å². The van der Waals surface area contributed by atoms with E-state index in [2.05, 4.69) is 27.5 Å². The lowest BCUT2D eigenvalue weighted by atomic mass is 10.2. The summed E-state index contributed by atoms with van der Waals surface area (Å²) in [4.78, 5) is 4.39. The van der Waals surface area contributed by atoms with Crippen LogP contribution in [0.2, 0.25) is 0 Å². The first-order valence-corrected chi connectivity index (χ1v) is 7.32. The zero-order valence-electron chi connectivity index (χ0n) is 12.3. The van der Waals surface area contributed by atoms with Crippen LogP contribution in [0.4, 0.5) is 5.82 Å². The van der Waals surface area contributed by atoms with Crippen LogP contribution in [0.25, 0.3) is 16.5 Å². The topological polar surface area (TPSA) is 55.4 Å². The second-order valence-corrected chi connectivity index (χ2v) is 5.32. The van der Waals surface area contributed by atoms with Crippen LogP contribution in [-0.4, -0.2) is 21.1 Å². The largest absolute Gasteiger partial charge is 0.461 e. The molecule has 0 amide bonds. The molecule has 4 aromatic rings. The summed E-state index contributed by atoms with van der Waals surface area (Å²) in [6.45, 7) is 2.74. The second kappa shape index (κ2) is 5.18. The van der Waals surface area contributed by atoms with Crippen LogP contribution in [0.15, 0.2) is 53.2 Å². The van der Waals surface area contributed by atoms with Gasteiger partial charge in [-0.15, -0.1) is 0 Å². The van der Waals surface area contributed by atoms with Gasteiger partial charge in [-0.05, 0) is 25.1 Å². The third kappa shape index (κ3) is 2.30. The molecule has 0 unspecified atom stereocenters. The molecule has 0 bridgehead atoms. The number of aryl methyl sites for hydroxylation is 1. The van der Waals surface area contributed by atoms with Gasteiger partial charge in [0.15, 0.2) is 5.82 Å². The minimum absolute atomic E-state index is 0.761. The molecule has 1 aromatic carbocycles. The first kappa shape index (κ1) is 12.9. The van der Waals surface area contributed by atoms with Crippen LogP contribution in [0.5, 0.6) is 0 Å². The molecule has 4 rings (SSSR count). The molecule has 3 aromatic heterocycles. The molecule has 0 aliphatic rings. The van der Waals surface area contributed by atoms with Gasteiger partial charge in [0.2, 0.25) is 0 Å². The maximum Gasteiger partial charge on any atom is 0.152 e. The van der Waals surface area contributed by atoms with Crippen molar-refractivity contribution in [2.24, 2.45) is 0 Å². The molecular weight excluding hydrogens is 276 g/mol. The number of para-hydroxylation sites is 1. The van der Waals surface area contributed by atoms with E-state index in [1.165, 1.54) is 0 Å². The third-order valence-corrected chi connectivity index (χ3v) is 3.65. The SMILES string of the molecule is Cc1cc2c(NCCc3cc4ccccc4o3)nccn2n1. The van der Waals surface area contributed by atoms with E-state index in [4.69, 9.17) is 4.42 Å². The monoisotopic (exact) mass is 292 g/mol. The molecule has 22 heavy (non-hydrogen) atoms. The van der Waals surface area contributed by atoms with Gasteiger partial charge in [0.05, 0.1) is 5.69 Å². The fourth-order valence-electron chi connectivity index (χ4n) is 2.64. The molecule has 0 radical (unpaired) electrons. The third-order valence-electron chi connectivity index (χ3n) is 3.65. The van der Waals surface area contributed by atoms with Crippen molar-refractivity contribution in [3.8, 4) is 0 Å². The van der Waals surface area contributed by atoms with Crippen LogP contribution in [0.1, 0.15) is 11.5 Å². The predicted molar refractivity (Wildman–Crippen MR) is 86.1 cm³/mol. The average molecular weight is 292 g/mol. The molecule has 0 aliphatic heterocycles. The van der Waals surface area contributed by atoms with E-state index in [1.807, 2.05) is 41.9 Å². The van der Waals surface area contributed by atoms with Crippen molar-refractivity contribution in [2.45, 2.75) is 13.3 Å². The van der Waals surface area contributed by atoms with E-state index in [9.17, 15) is 0 Å². The van der Waals surface area contributed by atoms with E-state index in [-0.39, 0.29) is 0 Å². The van der Waals surface area contributed by atoms with E-state index < -0.39 is 0 Å². The van der Waals surface area contributed by atoms with E-state index in [0.29, 0.717) is 0 Å². The van der Waals surface area contributed by atoms with Crippen LogP contribution < -0.4 is 5.32 Å². The predicted octanol–water partition coefficient (Wildman–Crippen LogP) is 3.44. The first-order chi connectivity index (χ1) is 10.8. The van der Waals surface area contributed by atoms with E-state index in [0.717, 1.165) is 46.7 Å². The lowest BCUT2D eigenvalue weighted by molar-refractivity contribution is 0.553. The van der Waals surface area contributed by atoms with Gasteiger partial charge in [0.25, 0.3) is 0 Å². The van der Waals surface area contributed by atoms with Gasteiger partial charge in [-0.3, -0.25) is 0 Å². The summed E-state index contributed by atoms with van der Waals surface area (Å²) < 4.78 is 7.66. The molecule has 0 saturated carbocycles. The zero-order valence-corrected chi connectivity index (χ0v) is 12.3. The summed E-state index contributed by atoms with van der Waals surface area (Å²) >= 11 is 0. The van der Waals surface area contributed by atoms with Crippen molar-refractivity contribution in [1.29, 1.82) is 0 Å². The standard InChI is InChI=1S/C17H16N4O/c1-12-10-15-17(19-8-9-21(15)20-12)18-7-6-14-11-13-4-2-3-5-16(13)22-14/h2-5,8-11H,6-7H2,1H3,(H,18,19). The molecule has 3 heterocycles. The Labute approximate surface area is 127 Å². The number of nitrogens with zero attached hydrogens (tertiary/aromatic N) is 3. The summed E-state index contributed by atoms with van der Waals surface area (Å²) in [7, 11) is 0. The molecular formula is C17H16N4O. The molecule has 0 aliphatic carbocycles. The summed E-state index contributed by atoms with van der Waals surface area (Å²) in [5, 5.41) is 8.89. The maximum atomic E-state index is 5.82. The number of fused-ring (bicyclic) bond motifs is 2. The van der Waals surface area contributed by atoms with Crippen LogP contribution in [0, 0.1) is 6.92 Å². The smallest absolute Gasteiger partial charge is 0.152 e. The number of furan rings is 1. The highest BCUT2D eigenvalue weighted by Crippen LogP contribution is 2.19. The maximum absolute atomic E-state index is 5.82. The quantitative estimate of drug-likeness (QED) is 0.626. The van der Waals surface area contributed by atoms with Crippen molar-refractivity contribution in [2.75, 3.05) is 11.9 Å². The Morgan fingerprint density at radius 2 is 2.14 bits per heavy atom. The van der Waals surface area contributed by atoms with Gasteiger partial charge < -0.3 is 9.73 Å². The molecule has 5 heteroatoms. The fourth-order valence-corrected chi connectivity index (χ4v) is 2.64. The number of anilines is 1. The Bertz CT molecular complexity index is 905. The van der Waals surface area contributed by atoms with Gasteiger partial charge in [-0.1, -0.05) is 18.2 Å². The molecule has 0 fully saturated rings. The summed E-state index contributed by atoms with van der Waals surface area (Å²) in [5.74, 6) is 1.82. The minimum Gasteiger partial charge on any atom is -0.461 e. The molecule has 5 nitrogen and oxygen atoms in total. The Hall–Kier alpha value is -2.82. The van der Waals surface area contributed by atoms with Crippen LogP contribution in [-0.2, 0) is 6.42 Å². The number of hydrogen-bond acceptors (Lipinski definition) is 4. The fraction of sp³-hybridized carbons (Fsp3) is 0.176. The Morgan fingerprint density at radius 3 is 3.05 bits per heavy atom. The van der Waals surface area contributed by atoms with Crippen LogP contribution in [0.3, 0.4) is 0 Å². The summed E-state index contributed by atoms with van der Waals surface area (Å²) in [6.07, 6.45) is 4.42. The lowest BCUT2D eigenvalue weighted by Crippen LogP contribution is -2.07. The van der Waals surface area contributed by atoms with Gasteiger partial charge in [-0.2, -0.15) is 5.10 Å². The van der Waals surface area contributed by atoms with Gasteiger partial charge in [-0.25, -0.2) is 9.50 Å². The highest BCUT2D eigenvalue weighted by molar-refractivity contribution is 5.77. The molecule has 1 N–H and O–H groups in total. The van der Waals surface area contributed by atoms with Gasteiger partial charge in [0, 0.05) is 30.7 Å².